The van der Waals surface area contributed by atoms with Gasteiger partial charge >= 0.3 is 11.4 Å². The molecule has 0 atom stereocenters. The van der Waals surface area contributed by atoms with Crippen molar-refractivity contribution < 1.29 is 0 Å². The molecule has 0 bridgehead atoms. The molecule has 2 heterocycles. The van der Waals surface area contributed by atoms with Gasteiger partial charge in [-0.05, 0) is 12.5 Å². The largest absolute Gasteiger partial charge is 0.332 e. The summed E-state index contributed by atoms with van der Waals surface area (Å²) in [4.78, 5) is 39.0. The molecule has 0 aliphatic heterocycles. The number of nitrogens with one attached hydrogen (secondary N) is 1. The molecule has 0 saturated heterocycles. The first-order valence-corrected chi connectivity index (χ1v) is 6.84. The van der Waals surface area contributed by atoms with Crippen molar-refractivity contribution in [2.24, 2.45) is 14.1 Å². The van der Waals surface area contributed by atoms with Crippen LogP contribution in [0.4, 0.5) is 0 Å². The summed E-state index contributed by atoms with van der Waals surface area (Å²) in [7, 11) is 2.92. The standard InChI is InChI=1S/C15H16N4O3/c1-9-4-6-10(7-5-9)8-19-11-12(16-14(19)21)17(2)15(22)18(3)13(11)20/h4-7H,8H2,1-3H3,(H,16,21). The molecule has 0 aliphatic carbocycles. The van der Waals surface area contributed by atoms with Crippen LogP contribution in [0.3, 0.4) is 0 Å². The smallest absolute Gasteiger partial charge is 0.291 e. The van der Waals surface area contributed by atoms with Crippen molar-refractivity contribution in [1.29, 1.82) is 0 Å². The first-order valence-electron chi connectivity index (χ1n) is 6.84. The second-order valence-corrected chi connectivity index (χ2v) is 5.40. The van der Waals surface area contributed by atoms with Gasteiger partial charge in [0.1, 0.15) is 5.65 Å². The van der Waals surface area contributed by atoms with Gasteiger partial charge in [0.2, 0.25) is 0 Å². The van der Waals surface area contributed by atoms with Gasteiger partial charge in [-0.3, -0.25) is 23.5 Å². The Morgan fingerprint density at radius 1 is 1.00 bits per heavy atom. The third kappa shape index (κ3) is 2.02. The van der Waals surface area contributed by atoms with E-state index in [1.54, 1.807) is 0 Å². The number of aromatic nitrogens is 4. The van der Waals surface area contributed by atoms with E-state index in [0.717, 1.165) is 15.7 Å². The van der Waals surface area contributed by atoms with E-state index in [2.05, 4.69) is 4.98 Å². The van der Waals surface area contributed by atoms with Gasteiger partial charge in [-0.2, -0.15) is 0 Å². The zero-order valence-corrected chi connectivity index (χ0v) is 12.6. The zero-order valence-electron chi connectivity index (χ0n) is 12.6. The maximum atomic E-state index is 12.3. The lowest BCUT2D eigenvalue weighted by Gasteiger charge is -2.06. The van der Waals surface area contributed by atoms with Gasteiger partial charge in [0.15, 0.2) is 5.52 Å². The summed E-state index contributed by atoms with van der Waals surface area (Å²) >= 11 is 0. The summed E-state index contributed by atoms with van der Waals surface area (Å²) in [6.45, 7) is 2.25. The zero-order chi connectivity index (χ0) is 16.0. The van der Waals surface area contributed by atoms with Crippen LogP contribution < -0.4 is 16.9 Å². The Hall–Kier alpha value is -2.83. The summed E-state index contributed by atoms with van der Waals surface area (Å²) in [5.41, 5.74) is 1.11. The van der Waals surface area contributed by atoms with E-state index >= 15 is 0 Å². The number of H-pyrrole nitrogens is 1. The molecule has 7 nitrogen and oxygen atoms in total. The lowest BCUT2D eigenvalue weighted by Crippen LogP contribution is -2.37. The van der Waals surface area contributed by atoms with Crippen molar-refractivity contribution in [1.82, 2.24) is 18.7 Å². The molecule has 1 aromatic carbocycles. The van der Waals surface area contributed by atoms with Crippen LogP contribution in [0.15, 0.2) is 38.6 Å². The Morgan fingerprint density at radius 3 is 2.27 bits per heavy atom. The number of aromatic amines is 1. The van der Waals surface area contributed by atoms with E-state index in [1.807, 2.05) is 31.2 Å². The van der Waals surface area contributed by atoms with Gasteiger partial charge in [0.25, 0.3) is 5.56 Å². The molecule has 0 radical (unpaired) electrons. The second kappa shape index (κ2) is 4.87. The fourth-order valence-corrected chi connectivity index (χ4v) is 2.51. The minimum absolute atomic E-state index is 0.204. The quantitative estimate of drug-likeness (QED) is 0.728. The molecular weight excluding hydrogens is 284 g/mol. The number of aryl methyl sites for hydroxylation is 2. The van der Waals surface area contributed by atoms with Crippen molar-refractivity contribution >= 4 is 11.2 Å². The summed E-state index contributed by atoms with van der Waals surface area (Å²) in [5, 5.41) is 0. The molecule has 1 N–H and O–H groups in total. The number of hydrogen-bond donors (Lipinski definition) is 1. The third-order valence-corrected chi connectivity index (χ3v) is 3.84. The van der Waals surface area contributed by atoms with Gasteiger partial charge in [-0.25, -0.2) is 9.59 Å². The Bertz CT molecular complexity index is 1030. The van der Waals surface area contributed by atoms with Gasteiger partial charge in [-0.15, -0.1) is 0 Å². The third-order valence-electron chi connectivity index (χ3n) is 3.84. The van der Waals surface area contributed by atoms with Crippen LogP contribution in [0, 0.1) is 6.92 Å². The highest BCUT2D eigenvalue weighted by atomic mass is 16.2. The Balaban J connectivity index is 2.29. The molecule has 0 amide bonds. The van der Waals surface area contributed by atoms with Crippen LogP contribution in [0.5, 0.6) is 0 Å². The summed E-state index contributed by atoms with van der Waals surface area (Å²) in [5.74, 6) is 0. The summed E-state index contributed by atoms with van der Waals surface area (Å²) in [6, 6.07) is 7.71. The average Bonchev–Trinajstić information content (AvgIpc) is 2.82. The van der Waals surface area contributed by atoms with Crippen LogP contribution in [-0.2, 0) is 20.6 Å². The highest BCUT2D eigenvalue weighted by molar-refractivity contribution is 5.70. The minimum Gasteiger partial charge on any atom is -0.291 e. The fraction of sp³-hybridized carbons (Fsp3) is 0.267. The lowest BCUT2D eigenvalue weighted by atomic mass is 10.1. The van der Waals surface area contributed by atoms with Gasteiger partial charge in [0, 0.05) is 14.1 Å². The summed E-state index contributed by atoms with van der Waals surface area (Å²) in [6.07, 6.45) is 0. The second-order valence-electron chi connectivity index (χ2n) is 5.40. The normalized spacial score (nSPS) is 11.2. The molecule has 22 heavy (non-hydrogen) atoms. The molecule has 3 aromatic rings. The SMILES string of the molecule is Cc1ccc(Cn2c(=O)[nH]c3c2c(=O)n(C)c(=O)n3C)cc1. The van der Waals surface area contributed by atoms with Crippen LogP contribution in [0.1, 0.15) is 11.1 Å². The lowest BCUT2D eigenvalue weighted by molar-refractivity contribution is 0.701. The van der Waals surface area contributed by atoms with Crippen molar-refractivity contribution in [2.75, 3.05) is 0 Å². The molecular formula is C15H16N4O3. The van der Waals surface area contributed by atoms with Crippen LogP contribution in [0.25, 0.3) is 11.2 Å². The maximum absolute atomic E-state index is 12.3. The molecule has 3 rings (SSSR count). The highest BCUT2D eigenvalue weighted by Gasteiger charge is 2.16. The average molecular weight is 300 g/mol. The number of fused-ring (bicyclic) bond motifs is 1. The number of rotatable bonds is 2. The van der Waals surface area contributed by atoms with E-state index in [1.165, 1.54) is 23.2 Å². The fourth-order valence-electron chi connectivity index (χ4n) is 2.51. The first kappa shape index (κ1) is 14.1. The molecule has 2 aromatic heterocycles. The first-order chi connectivity index (χ1) is 10.4. The van der Waals surface area contributed by atoms with Gasteiger partial charge in [-0.1, -0.05) is 29.8 Å². The Morgan fingerprint density at radius 2 is 1.64 bits per heavy atom. The van der Waals surface area contributed by atoms with Crippen LogP contribution in [-0.4, -0.2) is 18.7 Å². The maximum Gasteiger partial charge on any atom is 0.332 e. The molecule has 0 unspecified atom stereocenters. The Kier molecular flexibility index (Phi) is 3.13. The number of hydrogen-bond acceptors (Lipinski definition) is 3. The molecule has 0 aliphatic rings. The van der Waals surface area contributed by atoms with Gasteiger partial charge in [0.05, 0.1) is 6.54 Å². The molecule has 0 spiro atoms. The molecule has 114 valence electrons. The minimum atomic E-state index is -0.483. The van der Waals surface area contributed by atoms with E-state index in [0.29, 0.717) is 0 Å². The Labute approximate surface area is 125 Å². The topological polar surface area (TPSA) is 81.8 Å². The van der Waals surface area contributed by atoms with Crippen molar-refractivity contribution in [3.05, 3.63) is 66.7 Å². The molecule has 7 heteroatoms. The predicted molar refractivity (Wildman–Crippen MR) is 83.3 cm³/mol. The number of imidazole rings is 1. The van der Waals surface area contributed by atoms with Crippen molar-refractivity contribution in [3.63, 3.8) is 0 Å². The predicted octanol–water partition coefficient (Wildman–Crippen LogP) is 0.0837. The van der Waals surface area contributed by atoms with Gasteiger partial charge < -0.3 is 0 Å². The van der Waals surface area contributed by atoms with Crippen LogP contribution >= 0.6 is 0 Å². The van der Waals surface area contributed by atoms with E-state index in [9.17, 15) is 14.4 Å². The molecule has 0 saturated carbocycles. The monoisotopic (exact) mass is 300 g/mol. The number of benzene rings is 1. The van der Waals surface area contributed by atoms with E-state index in [-0.39, 0.29) is 17.7 Å². The van der Waals surface area contributed by atoms with E-state index < -0.39 is 16.9 Å². The summed E-state index contributed by atoms with van der Waals surface area (Å²) < 4.78 is 3.63. The highest BCUT2D eigenvalue weighted by Crippen LogP contribution is 2.08. The van der Waals surface area contributed by atoms with Crippen LogP contribution in [0.2, 0.25) is 0 Å². The number of nitrogens with zero attached hydrogens (tertiary/aromatic N) is 3. The van der Waals surface area contributed by atoms with Crippen molar-refractivity contribution in [2.45, 2.75) is 13.5 Å². The van der Waals surface area contributed by atoms with Crippen molar-refractivity contribution in [3.8, 4) is 0 Å². The molecule has 0 fully saturated rings. The van der Waals surface area contributed by atoms with E-state index in [4.69, 9.17) is 0 Å².